The number of para-hydroxylation sites is 1. The standard InChI is InChI=1S/C14H18N4O/c1-15-12(7-14-16-9-17-18(14)2)11-8-19-13-6-4-3-5-10(11)13/h3-6,9,11-12,15H,7-8H2,1-2H3. The van der Waals surface area contributed by atoms with Crippen LogP contribution < -0.4 is 10.1 Å². The van der Waals surface area contributed by atoms with Gasteiger partial charge in [0.2, 0.25) is 0 Å². The van der Waals surface area contributed by atoms with Crippen LogP contribution in [0, 0.1) is 0 Å². The van der Waals surface area contributed by atoms with E-state index >= 15 is 0 Å². The smallest absolute Gasteiger partial charge is 0.138 e. The fourth-order valence-corrected chi connectivity index (χ4v) is 2.67. The van der Waals surface area contributed by atoms with Crippen LogP contribution in [0.5, 0.6) is 5.75 Å². The number of aromatic nitrogens is 3. The molecule has 0 amide bonds. The number of hydrogen-bond donors (Lipinski definition) is 1. The maximum atomic E-state index is 5.76. The van der Waals surface area contributed by atoms with Crippen LogP contribution in [-0.4, -0.2) is 34.5 Å². The summed E-state index contributed by atoms with van der Waals surface area (Å²) in [5.41, 5.74) is 1.28. The molecule has 0 radical (unpaired) electrons. The molecule has 3 rings (SSSR count). The van der Waals surface area contributed by atoms with E-state index in [1.54, 1.807) is 6.33 Å². The molecule has 0 aliphatic carbocycles. The highest BCUT2D eigenvalue weighted by atomic mass is 16.5. The number of hydrogen-bond acceptors (Lipinski definition) is 4. The maximum absolute atomic E-state index is 5.76. The van der Waals surface area contributed by atoms with Gasteiger partial charge in [0.15, 0.2) is 0 Å². The summed E-state index contributed by atoms with van der Waals surface area (Å²) in [6, 6.07) is 8.55. The van der Waals surface area contributed by atoms with Gasteiger partial charge in [0.05, 0.1) is 6.61 Å². The molecular weight excluding hydrogens is 240 g/mol. The Morgan fingerprint density at radius 2 is 2.32 bits per heavy atom. The summed E-state index contributed by atoms with van der Waals surface area (Å²) in [5.74, 6) is 2.35. The Bertz CT molecular complexity index is 566. The Labute approximate surface area is 112 Å². The molecule has 2 atom stereocenters. The van der Waals surface area contributed by atoms with Gasteiger partial charge in [-0.1, -0.05) is 18.2 Å². The first-order valence-corrected chi connectivity index (χ1v) is 6.51. The lowest BCUT2D eigenvalue weighted by Crippen LogP contribution is -2.35. The van der Waals surface area contributed by atoms with Crippen molar-refractivity contribution in [2.75, 3.05) is 13.7 Å². The molecule has 19 heavy (non-hydrogen) atoms. The fourth-order valence-electron chi connectivity index (χ4n) is 2.67. The Balaban J connectivity index is 1.82. The predicted molar refractivity (Wildman–Crippen MR) is 72.2 cm³/mol. The monoisotopic (exact) mass is 258 g/mol. The minimum Gasteiger partial charge on any atom is -0.493 e. The third kappa shape index (κ3) is 2.21. The number of nitrogens with one attached hydrogen (secondary N) is 1. The largest absolute Gasteiger partial charge is 0.493 e. The van der Waals surface area contributed by atoms with Crippen LogP contribution in [0.4, 0.5) is 0 Å². The van der Waals surface area contributed by atoms with Crippen LogP contribution in [0.3, 0.4) is 0 Å². The van der Waals surface area contributed by atoms with Gasteiger partial charge in [-0.2, -0.15) is 5.10 Å². The van der Waals surface area contributed by atoms with Crippen LogP contribution in [-0.2, 0) is 13.5 Å². The highest BCUT2D eigenvalue weighted by Crippen LogP contribution is 2.36. The fraction of sp³-hybridized carbons (Fsp3) is 0.429. The maximum Gasteiger partial charge on any atom is 0.138 e. The van der Waals surface area contributed by atoms with Crippen molar-refractivity contribution in [3.63, 3.8) is 0 Å². The van der Waals surface area contributed by atoms with Crippen LogP contribution in [0.25, 0.3) is 0 Å². The molecule has 2 unspecified atom stereocenters. The van der Waals surface area contributed by atoms with Gasteiger partial charge < -0.3 is 10.1 Å². The Kier molecular flexibility index (Phi) is 3.21. The molecule has 0 saturated carbocycles. The summed E-state index contributed by atoms with van der Waals surface area (Å²) in [6.45, 7) is 0.725. The van der Waals surface area contributed by atoms with Crippen molar-refractivity contribution in [1.82, 2.24) is 20.1 Å². The van der Waals surface area contributed by atoms with Crippen LogP contribution in [0.15, 0.2) is 30.6 Å². The first kappa shape index (κ1) is 12.2. The van der Waals surface area contributed by atoms with E-state index in [0.29, 0.717) is 12.0 Å². The summed E-state index contributed by atoms with van der Waals surface area (Å²) < 4.78 is 7.59. The van der Waals surface area contributed by atoms with Crippen LogP contribution >= 0.6 is 0 Å². The SMILES string of the molecule is CNC(Cc1ncnn1C)C1COc2ccccc21. The number of ether oxygens (including phenoxy) is 1. The predicted octanol–water partition coefficient (Wildman–Crippen LogP) is 1.12. The summed E-state index contributed by atoms with van der Waals surface area (Å²) in [7, 11) is 3.91. The van der Waals surface area contributed by atoms with Gasteiger partial charge in [-0.25, -0.2) is 4.98 Å². The Morgan fingerprint density at radius 3 is 3.05 bits per heavy atom. The lowest BCUT2D eigenvalue weighted by atomic mass is 9.91. The summed E-state index contributed by atoms with van der Waals surface area (Å²) in [4.78, 5) is 4.30. The molecule has 5 heteroatoms. The van der Waals surface area contributed by atoms with Crippen molar-refractivity contribution in [2.24, 2.45) is 7.05 Å². The molecule has 0 fully saturated rings. The zero-order valence-electron chi connectivity index (χ0n) is 11.2. The molecular formula is C14H18N4O. The second kappa shape index (κ2) is 5.01. The second-order valence-electron chi connectivity index (χ2n) is 4.85. The molecule has 2 aromatic rings. The zero-order chi connectivity index (χ0) is 13.2. The molecule has 1 aliphatic heterocycles. The van der Waals surface area contributed by atoms with E-state index in [9.17, 15) is 0 Å². The van der Waals surface area contributed by atoms with Gasteiger partial charge in [-0.05, 0) is 13.1 Å². The van der Waals surface area contributed by atoms with E-state index in [4.69, 9.17) is 4.74 Å². The lowest BCUT2D eigenvalue weighted by Gasteiger charge is -2.21. The molecule has 100 valence electrons. The van der Waals surface area contributed by atoms with Crippen LogP contribution in [0.2, 0.25) is 0 Å². The van der Waals surface area contributed by atoms with Crippen molar-refractivity contribution in [3.8, 4) is 5.75 Å². The number of nitrogens with zero attached hydrogens (tertiary/aromatic N) is 3. The quantitative estimate of drug-likeness (QED) is 0.893. The topological polar surface area (TPSA) is 52.0 Å². The van der Waals surface area contributed by atoms with Gasteiger partial charge in [0, 0.05) is 31.0 Å². The van der Waals surface area contributed by atoms with Crippen molar-refractivity contribution in [1.29, 1.82) is 0 Å². The van der Waals surface area contributed by atoms with Gasteiger partial charge in [0.25, 0.3) is 0 Å². The van der Waals surface area contributed by atoms with Crippen molar-refractivity contribution < 1.29 is 4.74 Å². The zero-order valence-corrected chi connectivity index (χ0v) is 11.2. The highest BCUT2D eigenvalue weighted by Gasteiger charge is 2.31. The normalized spacial score (nSPS) is 18.9. The first-order valence-electron chi connectivity index (χ1n) is 6.51. The average molecular weight is 258 g/mol. The van der Waals surface area contributed by atoms with Crippen molar-refractivity contribution >= 4 is 0 Å². The Morgan fingerprint density at radius 1 is 1.47 bits per heavy atom. The van der Waals surface area contributed by atoms with Gasteiger partial charge in [0.1, 0.15) is 17.9 Å². The Hall–Kier alpha value is -1.88. The van der Waals surface area contributed by atoms with Crippen molar-refractivity contribution in [3.05, 3.63) is 42.0 Å². The molecule has 0 spiro atoms. The summed E-state index contributed by atoms with van der Waals surface area (Å²) >= 11 is 0. The summed E-state index contributed by atoms with van der Waals surface area (Å²) in [6.07, 6.45) is 2.44. The minimum absolute atomic E-state index is 0.298. The van der Waals surface area contributed by atoms with Crippen LogP contribution in [0.1, 0.15) is 17.3 Å². The van der Waals surface area contributed by atoms with Gasteiger partial charge in [-0.15, -0.1) is 0 Å². The minimum atomic E-state index is 0.298. The van der Waals surface area contributed by atoms with E-state index in [2.05, 4.69) is 27.5 Å². The van der Waals surface area contributed by atoms with E-state index in [-0.39, 0.29) is 0 Å². The molecule has 0 saturated heterocycles. The molecule has 1 aliphatic rings. The van der Waals surface area contributed by atoms with Gasteiger partial charge in [-0.3, -0.25) is 4.68 Å². The molecule has 0 bridgehead atoms. The molecule has 5 nitrogen and oxygen atoms in total. The van der Waals surface area contributed by atoms with E-state index in [0.717, 1.165) is 24.6 Å². The third-order valence-electron chi connectivity index (χ3n) is 3.80. The number of fused-ring (bicyclic) bond motifs is 1. The molecule has 1 N–H and O–H groups in total. The number of aryl methyl sites for hydroxylation is 1. The molecule has 1 aromatic heterocycles. The summed E-state index contributed by atoms with van der Waals surface area (Å²) in [5, 5.41) is 7.51. The van der Waals surface area contributed by atoms with Gasteiger partial charge >= 0.3 is 0 Å². The molecule has 1 aromatic carbocycles. The third-order valence-corrected chi connectivity index (χ3v) is 3.80. The number of likely N-dealkylation sites (N-methyl/N-ethyl adjacent to an activating group) is 1. The van der Waals surface area contributed by atoms with E-state index < -0.39 is 0 Å². The van der Waals surface area contributed by atoms with Crippen molar-refractivity contribution in [2.45, 2.75) is 18.4 Å². The first-order chi connectivity index (χ1) is 9.29. The average Bonchev–Trinajstić information content (AvgIpc) is 3.03. The van der Waals surface area contributed by atoms with E-state index in [1.165, 1.54) is 5.56 Å². The molecule has 2 heterocycles. The number of benzene rings is 1. The lowest BCUT2D eigenvalue weighted by molar-refractivity contribution is 0.300. The highest BCUT2D eigenvalue weighted by molar-refractivity contribution is 5.40. The second-order valence-corrected chi connectivity index (χ2v) is 4.85. The van der Waals surface area contributed by atoms with E-state index in [1.807, 2.05) is 30.9 Å². The number of rotatable bonds is 4.